The molecule has 1 fully saturated rings. The molecule has 4 nitrogen and oxygen atoms in total. The van der Waals surface area contributed by atoms with E-state index in [-0.39, 0.29) is 5.91 Å². The molecular weight excluding hydrogens is 330 g/mol. The van der Waals surface area contributed by atoms with Gasteiger partial charge in [0.1, 0.15) is 6.07 Å². The van der Waals surface area contributed by atoms with Crippen molar-refractivity contribution >= 4 is 27.5 Å². The minimum atomic E-state index is -0.465. The number of carbonyl (C=O) groups is 1. The second-order valence-corrected chi connectivity index (χ2v) is 6.94. The third kappa shape index (κ3) is 3.63. The molecule has 0 radical (unpaired) electrons. The summed E-state index contributed by atoms with van der Waals surface area (Å²) in [6.07, 6.45) is 2.15. The molecule has 1 unspecified atom stereocenters. The van der Waals surface area contributed by atoms with Crippen LogP contribution in [0.3, 0.4) is 0 Å². The molecule has 1 heterocycles. The zero-order valence-corrected chi connectivity index (χ0v) is 14.0. The van der Waals surface area contributed by atoms with Gasteiger partial charge in [-0.3, -0.25) is 4.79 Å². The summed E-state index contributed by atoms with van der Waals surface area (Å²) < 4.78 is 0.827. The Morgan fingerprint density at radius 3 is 2.90 bits per heavy atom. The van der Waals surface area contributed by atoms with Crippen LogP contribution in [-0.2, 0) is 4.79 Å². The molecule has 1 aromatic carbocycles. The van der Waals surface area contributed by atoms with Crippen molar-refractivity contribution in [3.8, 4) is 6.07 Å². The number of amides is 1. The molecule has 5 heteroatoms. The molecule has 1 amide bonds. The summed E-state index contributed by atoms with van der Waals surface area (Å²) in [5, 5.41) is 15.4. The number of halogens is 1. The van der Waals surface area contributed by atoms with Crippen LogP contribution in [0.1, 0.15) is 32.3 Å². The highest BCUT2D eigenvalue weighted by Crippen LogP contribution is 2.33. The van der Waals surface area contributed by atoms with Gasteiger partial charge in [-0.2, -0.15) is 5.26 Å². The van der Waals surface area contributed by atoms with Gasteiger partial charge in [0.25, 0.3) is 0 Å². The van der Waals surface area contributed by atoms with Gasteiger partial charge in [0.15, 0.2) is 0 Å². The van der Waals surface area contributed by atoms with Crippen molar-refractivity contribution in [2.75, 3.05) is 18.4 Å². The summed E-state index contributed by atoms with van der Waals surface area (Å²) in [5.41, 5.74) is 0.575. The normalized spacial score (nSPS) is 18.9. The SMILES string of the molecule is CC(C)(C(=O)Nc1ccc(Br)cc1C#N)C1CCCNC1. The van der Waals surface area contributed by atoms with Crippen LogP contribution in [0.15, 0.2) is 22.7 Å². The molecule has 1 aromatic rings. The minimum absolute atomic E-state index is 0.0324. The lowest BCUT2D eigenvalue weighted by Gasteiger charge is -2.36. The second-order valence-electron chi connectivity index (χ2n) is 6.02. The lowest BCUT2D eigenvalue weighted by atomic mass is 9.74. The smallest absolute Gasteiger partial charge is 0.230 e. The predicted octanol–water partition coefficient (Wildman–Crippen LogP) is 3.29. The summed E-state index contributed by atoms with van der Waals surface area (Å²) in [5.74, 6) is 0.280. The summed E-state index contributed by atoms with van der Waals surface area (Å²) in [6.45, 7) is 5.85. The lowest BCUT2D eigenvalue weighted by molar-refractivity contribution is -0.127. The Morgan fingerprint density at radius 1 is 1.52 bits per heavy atom. The van der Waals surface area contributed by atoms with Crippen LogP contribution >= 0.6 is 15.9 Å². The zero-order valence-electron chi connectivity index (χ0n) is 12.4. The molecule has 0 aliphatic carbocycles. The Balaban J connectivity index is 2.15. The first-order chi connectivity index (χ1) is 9.95. The number of nitriles is 1. The number of nitrogens with one attached hydrogen (secondary N) is 2. The molecule has 2 rings (SSSR count). The first-order valence-corrected chi connectivity index (χ1v) is 7.96. The first kappa shape index (κ1) is 16.0. The summed E-state index contributed by atoms with van der Waals surface area (Å²) in [7, 11) is 0. The highest BCUT2D eigenvalue weighted by Gasteiger charge is 2.37. The monoisotopic (exact) mass is 349 g/mol. The van der Waals surface area contributed by atoms with Crippen LogP contribution in [0.25, 0.3) is 0 Å². The molecule has 1 aliphatic rings. The molecule has 1 atom stereocenters. The topological polar surface area (TPSA) is 64.9 Å². The number of hydrogen-bond acceptors (Lipinski definition) is 3. The average molecular weight is 350 g/mol. The van der Waals surface area contributed by atoms with Gasteiger partial charge < -0.3 is 10.6 Å². The molecule has 112 valence electrons. The van der Waals surface area contributed by atoms with E-state index in [1.807, 2.05) is 19.9 Å². The number of hydrogen-bond donors (Lipinski definition) is 2. The lowest BCUT2D eigenvalue weighted by Crippen LogP contribution is -2.44. The van der Waals surface area contributed by atoms with Gasteiger partial charge in [-0.05, 0) is 50.0 Å². The van der Waals surface area contributed by atoms with E-state index in [0.29, 0.717) is 17.2 Å². The van der Waals surface area contributed by atoms with Gasteiger partial charge >= 0.3 is 0 Å². The van der Waals surface area contributed by atoms with Crippen LogP contribution in [0.2, 0.25) is 0 Å². The van der Waals surface area contributed by atoms with Crippen LogP contribution in [-0.4, -0.2) is 19.0 Å². The van der Waals surface area contributed by atoms with Crippen molar-refractivity contribution in [2.24, 2.45) is 11.3 Å². The fourth-order valence-electron chi connectivity index (χ4n) is 2.65. The van der Waals surface area contributed by atoms with Crippen molar-refractivity contribution in [1.82, 2.24) is 5.32 Å². The number of benzene rings is 1. The number of carbonyl (C=O) groups excluding carboxylic acids is 1. The van der Waals surface area contributed by atoms with E-state index in [1.165, 1.54) is 0 Å². The quantitative estimate of drug-likeness (QED) is 0.879. The van der Waals surface area contributed by atoms with E-state index in [2.05, 4.69) is 32.6 Å². The predicted molar refractivity (Wildman–Crippen MR) is 86.9 cm³/mol. The van der Waals surface area contributed by atoms with Crippen LogP contribution in [0, 0.1) is 22.7 Å². The molecular formula is C16H20BrN3O. The Bertz CT molecular complexity index is 571. The fourth-order valence-corrected chi connectivity index (χ4v) is 3.02. The minimum Gasteiger partial charge on any atom is -0.324 e. The number of anilines is 1. The first-order valence-electron chi connectivity index (χ1n) is 7.17. The van der Waals surface area contributed by atoms with Crippen LogP contribution in [0.4, 0.5) is 5.69 Å². The standard InChI is InChI=1S/C16H20BrN3O/c1-16(2,12-4-3-7-19-10-12)15(21)20-14-6-5-13(17)8-11(14)9-18/h5-6,8,12,19H,3-4,7,10H2,1-2H3,(H,20,21). The van der Waals surface area contributed by atoms with E-state index < -0.39 is 5.41 Å². The van der Waals surface area contributed by atoms with Crippen molar-refractivity contribution in [3.63, 3.8) is 0 Å². The van der Waals surface area contributed by atoms with Crippen molar-refractivity contribution in [2.45, 2.75) is 26.7 Å². The summed E-state index contributed by atoms with van der Waals surface area (Å²) in [6, 6.07) is 7.41. The van der Waals surface area contributed by atoms with Crippen LogP contribution in [0.5, 0.6) is 0 Å². The molecule has 0 bridgehead atoms. The van der Waals surface area contributed by atoms with Gasteiger partial charge in [-0.25, -0.2) is 0 Å². The molecule has 0 aromatic heterocycles. The zero-order chi connectivity index (χ0) is 15.5. The highest BCUT2D eigenvalue weighted by atomic mass is 79.9. The number of nitrogens with zero attached hydrogens (tertiary/aromatic N) is 1. The number of rotatable bonds is 3. The molecule has 0 saturated carbocycles. The Hall–Kier alpha value is -1.38. The average Bonchev–Trinajstić information content (AvgIpc) is 2.49. The van der Waals surface area contributed by atoms with E-state index in [9.17, 15) is 10.1 Å². The molecule has 21 heavy (non-hydrogen) atoms. The van der Waals surface area contributed by atoms with Crippen molar-refractivity contribution < 1.29 is 4.79 Å². The Kier molecular flexibility index (Phi) is 5.02. The maximum Gasteiger partial charge on any atom is 0.230 e. The van der Waals surface area contributed by atoms with Crippen molar-refractivity contribution in [3.05, 3.63) is 28.2 Å². The summed E-state index contributed by atoms with van der Waals surface area (Å²) >= 11 is 3.33. The van der Waals surface area contributed by atoms with Gasteiger partial charge in [0.2, 0.25) is 5.91 Å². The molecule has 2 N–H and O–H groups in total. The van der Waals surface area contributed by atoms with Gasteiger partial charge in [0, 0.05) is 9.89 Å². The number of piperidine rings is 1. The molecule has 0 spiro atoms. The third-order valence-corrected chi connectivity index (χ3v) is 4.75. The molecule has 1 saturated heterocycles. The summed E-state index contributed by atoms with van der Waals surface area (Å²) in [4.78, 5) is 12.6. The Morgan fingerprint density at radius 2 is 2.29 bits per heavy atom. The van der Waals surface area contributed by atoms with Gasteiger partial charge in [-0.1, -0.05) is 29.8 Å². The van der Waals surface area contributed by atoms with E-state index >= 15 is 0 Å². The maximum absolute atomic E-state index is 12.6. The van der Waals surface area contributed by atoms with E-state index in [0.717, 1.165) is 30.4 Å². The highest BCUT2D eigenvalue weighted by molar-refractivity contribution is 9.10. The van der Waals surface area contributed by atoms with E-state index in [4.69, 9.17) is 0 Å². The van der Waals surface area contributed by atoms with E-state index in [1.54, 1.807) is 12.1 Å². The second kappa shape index (κ2) is 6.59. The van der Waals surface area contributed by atoms with Crippen LogP contribution < -0.4 is 10.6 Å². The van der Waals surface area contributed by atoms with Gasteiger partial charge in [-0.15, -0.1) is 0 Å². The largest absolute Gasteiger partial charge is 0.324 e. The van der Waals surface area contributed by atoms with Gasteiger partial charge in [0.05, 0.1) is 11.3 Å². The fraction of sp³-hybridized carbons (Fsp3) is 0.500. The maximum atomic E-state index is 12.6. The molecule has 1 aliphatic heterocycles. The Labute approximate surface area is 134 Å². The third-order valence-electron chi connectivity index (χ3n) is 4.25. The van der Waals surface area contributed by atoms with Crippen molar-refractivity contribution in [1.29, 1.82) is 5.26 Å².